The number of benzene rings is 2. The van der Waals surface area contributed by atoms with Crippen LogP contribution in [-0.4, -0.2) is 47.3 Å². The fourth-order valence-electron chi connectivity index (χ4n) is 6.67. The summed E-state index contributed by atoms with van der Waals surface area (Å²) in [7, 11) is 0. The number of aliphatic imine (C=N–C) groups is 2. The van der Waals surface area contributed by atoms with Gasteiger partial charge in [0.1, 0.15) is 5.66 Å². The van der Waals surface area contributed by atoms with Crippen LogP contribution in [-0.2, 0) is 11.3 Å². The molecule has 2 aromatic carbocycles. The van der Waals surface area contributed by atoms with Crippen LogP contribution in [0.15, 0.2) is 74.8 Å². The van der Waals surface area contributed by atoms with Crippen LogP contribution >= 0.6 is 0 Å². The van der Waals surface area contributed by atoms with Crippen LogP contribution in [0.25, 0.3) is 0 Å². The first-order valence-corrected chi connectivity index (χ1v) is 16.0. The molecule has 9 nitrogen and oxygen atoms in total. The summed E-state index contributed by atoms with van der Waals surface area (Å²) in [5.41, 5.74) is 2.41. The Balaban J connectivity index is 0.00000461. The number of azo groups is 1. The number of hydrogen-bond acceptors (Lipinski definition) is 6. The Bertz CT molecular complexity index is 1400. The minimum atomic E-state index is -0.484. The van der Waals surface area contributed by atoms with Crippen molar-refractivity contribution in [3.05, 3.63) is 71.3 Å². The van der Waals surface area contributed by atoms with Gasteiger partial charge in [0.2, 0.25) is 0 Å². The predicted molar refractivity (Wildman–Crippen MR) is 181 cm³/mol. The zero-order chi connectivity index (χ0) is 31.3. The summed E-state index contributed by atoms with van der Waals surface area (Å²) in [6.07, 6.45) is 5.67. The van der Waals surface area contributed by atoms with Crippen molar-refractivity contribution in [2.24, 2.45) is 37.5 Å². The molecule has 2 amide bonds. The fraction of sp³-hybridized carbons (Fsp3) is 0.556. The SMILES string of the molecule is C.CC(C)CC[C@H](c1ccc(C(=O)NCC2=NCN=N2)cc1)N1C(=O)C(=NCc2ccccc2)NC12CCC(C(C)(C)C)CC2. The molecule has 3 aliphatic rings. The van der Waals surface area contributed by atoms with Crippen molar-refractivity contribution in [3.63, 3.8) is 0 Å². The fourth-order valence-corrected chi connectivity index (χ4v) is 6.67. The first-order chi connectivity index (χ1) is 21.1. The standard InChI is InChI=1S/C35H47N7O2.CH4/c1-24(2)11-16-29(26-12-14-27(15-13-26)32(43)37-22-30-38-23-39-41-30)42-33(44)31(36-21-25-9-7-6-8-10-25)40-35(42)19-17-28(18-20-35)34(3,4)5;/h6-10,12-15,24,28-29H,11,16-23H2,1-5H3,(H,36,40)(H,37,43);1H4/t28?,29-,35?;/m1./s1. The monoisotopic (exact) mass is 613 g/mol. The second-order valence-corrected chi connectivity index (χ2v) is 13.9. The molecule has 1 atom stereocenters. The van der Waals surface area contributed by atoms with E-state index >= 15 is 0 Å². The van der Waals surface area contributed by atoms with E-state index in [1.165, 1.54) is 0 Å². The van der Waals surface area contributed by atoms with E-state index in [1.807, 2.05) is 54.6 Å². The molecule has 1 saturated heterocycles. The maximum absolute atomic E-state index is 14.4. The topological polar surface area (TPSA) is 111 Å². The van der Waals surface area contributed by atoms with Crippen LogP contribution in [0.2, 0.25) is 0 Å². The molecule has 1 spiro atoms. The van der Waals surface area contributed by atoms with Crippen molar-refractivity contribution in [3.8, 4) is 0 Å². The van der Waals surface area contributed by atoms with Gasteiger partial charge in [-0.25, -0.2) is 4.99 Å². The first-order valence-electron chi connectivity index (χ1n) is 16.0. The molecular weight excluding hydrogens is 562 g/mol. The van der Waals surface area contributed by atoms with Crippen molar-refractivity contribution in [2.75, 3.05) is 13.2 Å². The van der Waals surface area contributed by atoms with E-state index in [2.05, 4.69) is 65.4 Å². The molecule has 0 unspecified atom stereocenters. The molecule has 0 aromatic heterocycles. The van der Waals surface area contributed by atoms with Crippen molar-refractivity contribution >= 4 is 23.5 Å². The molecule has 2 aliphatic heterocycles. The van der Waals surface area contributed by atoms with Gasteiger partial charge < -0.3 is 15.5 Å². The molecule has 5 rings (SSSR count). The highest BCUT2D eigenvalue weighted by atomic mass is 16.2. The van der Waals surface area contributed by atoms with Crippen LogP contribution in [0.4, 0.5) is 0 Å². The number of amides is 2. The van der Waals surface area contributed by atoms with Crippen LogP contribution in [0.3, 0.4) is 0 Å². The maximum atomic E-state index is 14.4. The molecule has 2 fully saturated rings. The van der Waals surface area contributed by atoms with Crippen molar-refractivity contribution < 1.29 is 9.59 Å². The van der Waals surface area contributed by atoms with E-state index in [-0.39, 0.29) is 37.2 Å². The molecule has 0 bridgehead atoms. The highest BCUT2D eigenvalue weighted by Crippen LogP contribution is 2.47. The third kappa shape index (κ3) is 8.05. The second kappa shape index (κ2) is 14.5. The molecule has 0 radical (unpaired) electrons. The third-order valence-corrected chi connectivity index (χ3v) is 9.33. The van der Waals surface area contributed by atoms with Gasteiger partial charge in [0.25, 0.3) is 11.8 Å². The molecule has 2 heterocycles. The number of carbonyl (C=O) groups is 2. The summed E-state index contributed by atoms with van der Waals surface area (Å²) in [4.78, 5) is 38.3. The maximum Gasteiger partial charge on any atom is 0.291 e. The lowest BCUT2D eigenvalue weighted by Gasteiger charge is -2.48. The summed E-state index contributed by atoms with van der Waals surface area (Å²) in [6.45, 7) is 12.4. The Morgan fingerprint density at radius 2 is 1.76 bits per heavy atom. The minimum Gasteiger partial charge on any atom is -0.345 e. The molecule has 1 aliphatic carbocycles. The highest BCUT2D eigenvalue weighted by Gasteiger charge is 2.53. The largest absolute Gasteiger partial charge is 0.345 e. The summed E-state index contributed by atoms with van der Waals surface area (Å²) >= 11 is 0. The number of nitrogens with zero attached hydrogens (tertiary/aromatic N) is 5. The second-order valence-electron chi connectivity index (χ2n) is 13.9. The lowest BCUT2D eigenvalue weighted by molar-refractivity contribution is -0.133. The lowest BCUT2D eigenvalue weighted by atomic mass is 9.69. The van der Waals surface area contributed by atoms with Crippen molar-refractivity contribution in [2.45, 2.75) is 98.8 Å². The van der Waals surface area contributed by atoms with E-state index in [0.717, 1.165) is 49.7 Å². The van der Waals surface area contributed by atoms with Crippen LogP contribution in [0.1, 0.15) is 108 Å². The Kier molecular flexibility index (Phi) is 10.9. The number of amidine groups is 2. The van der Waals surface area contributed by atoms with Crippen LogP contribution in [0, 0.1) is 17.3 Å². The van der Waals surface area contributed by atoms with Gasteiger partial charge in [-0.1, -0.05) is 84.5 Å². The van der Waals surface area contributed by atoms with Gasteiger partial charge in [-0.2, -0.15) is 5.11 Å². The van der Waals surface area contributed by atoms with Gasteiger partial charge in [0.15, 0.2) is 18.3 Å². The van der Waals surface area contributed by atoms with Gasteiger partial charge in [-0.3, -0.25) is 14.6 Å². The van der Waals surface area contributed by atoms with E-state index in [0.29, 0.717) is 42.3 Å². The summed E-state index contributed by atoms with van der Waals surface area (Å²) in [6, 6.07) is 17.7. The lowest BCUT2D eigenvalue weighted by Crippen LogP contribution is -2.56. The van der Waals surface area contributed by atoms with Crippen LogP contribution in [0.5, 0.6) is 0 Å². The normalized spacial score (nSPS) is 22.8. The molecule has 9 heteroatoms. The number of rotatable bonds is 10. The summed E-state index contributed by atoms with van der Waals surface area (Å²) in [5.74, 6) is 1.85. The Labute approximate surface area is 269 Å². The van der Waals surface area contributed by atoms with Gasteiger partial charge in [-0.05, 0) is 79.0 Å². The molecule has 1 saturated carbocycles. The number of hydrogen-bond donors (Lipinski definition) is 2. The Morgan fingerprint density at radius 3 is 2.36 bits per heavy atom. The highest BCUT2D eigenvalue weighted by molar-refractivity contribution is 6.40. The van der Waals surface area contributed by atoms with Crippen molar-refractivity contribution in [1.82, 2.24) is 15.5 Å². The average Bonchev–Trinajstić information content (AvgIpc) is 3.62. The van der Waals surface area contributed by atoms with E-state index in [9.17, 15) is 9.59 Å². The van der Waals surface area contributed by atoms with Gasteiger partial charge in [0, 0.05) is 5.56 Å². The molecule has 45 heavy (non-hydrogen) atoms. The average molecular weight is 614 g/mol. The third-order valence-electron chi connectivity index (χ3n) is 9.33. The number of carbonyl (C=O) groups excluding carboxylic acids is 2. The first kappa shape index (κ1) is 34.0. The molecule has 242 valence electrons. The minimum absolute atomic E-state index is 0. The van der Waals surface area contributed by atoms with Gasteiger partial charge in [0.05, 0.1) is 19.1 Å². The Morgan fingerprint density at radius 1 is 1.07 bits per heavy atom. The summed E-state index contributed by atoms with van der Waals surface area (Å²) in [5, 5.41) is 14.3. The smallest absolute Gasteiger partial charge is 0.291 e. The van der Waals surface area contributed by atoms with Gasteiger partial charge >= 0.3 is 0 Å². The van der Waals surface area contributed by atoms with E-state index in [1.54, 1.807) is 0 Å². The van der Waals surface area contributed by atoms with E-state index in [4.69, 9.17) is 4.99 Å². The van der Waals surface area contributed by atoms with Crippen LogP contribution < -0.4 is 10.6 Å². The molecule has 2 N–H and O–H groups in total. The quantitative estimate of drug-likeness (QED) is 0.293. The molecule has 2 aromatic rings. The summed E-state index contributed by atoms with van der Waals surface area (Å²) < 4.78 is 0. The molecular formula is C36H51N7O2. The number of nitrogens with one attached hydrogen (secondary N) is 2. The predicted octanol–water partition coefficient (Wildman–Crippen LogP) is 7.31. The Hall–Kier alpha value is -3.88. The zero-order valence-electron chi connectivity index (χ0n) is 26.8. The van der Waals surface area contributed by atoms with Gasteiger partial charge in [-0.15, -0.1) is 5.11 Å². The van der Waals surface area contributed by atoms with E-state index < -0.39 is 5.66 Å². The zero-order valence-corrected chi connectivity index (χ0v) is 26.8. The van der Waals surface area contributed by atoms with Crippen molar-refractivity contribution in [1.29, 1.82) is 0 Å².